The average Bonchev–Trinajstić information content (AvgIpc) is 2.79. The topological polar surface area (TPSA) is 66.9 Å². The molecule has 0 atom stereocenters. The molecular formula is C25H31N3O3. The van der Waals surface area contributed by atoms with Crippen LogP contribution in [0, 0.1) is 6.92 Å². The van der Waals surface area contributed by atoms with Gasteiger partial charge in [0.1, 0.15) is 5.82 Å². The fourth-order valence-electron chi connectivity index (χ4n) is 4.22. The van der Waals surface area contributed by atoms with E-state index in [1.807, 2.05) is 18.2 Å². The van der Waals surface area contributed by atoms with Gasteiger partial charge in [-0.3, -0.25) is 0 Å². The molecule has 1 aliphatic heterocycles. The van der Waals surface area contributed by atoms with Gasteiger partial charge in [0.15, 0.2) is 11.5 Å². The van der Waals surface area contributed by atoms with Crippen molar-refractivity contribution in [1.29, 1.82) is 0 Å². The van der Waals surface area contributed by atoms with Gasteiger partial charge in [-0.15, -0.1) is 0 Å². The van der Waals surface area contributed by atoms with E-state index in [2.05, 4.69) is 41.4 Å². The maximum Gasteiger partial charge on any atom is 0.165 e. The zero-order chi connectivity index (χ0) is 21.8. The number of rotatable bonds is 7. The summed E-state index contributed by atoms with van der Waals surface area (Å²) in [6.45, 7) is 5.08. The summed E-state index contributed by atoms with van der Waals surface area (Å²) < 4.78 is 11.0. The fourth-order valence-corrected chi connectivity index (χ4v) is 4.22. The summed E-state index contributed by atoms with van der Waals surface area (Å²) in [4.78, 5) is 7.33. The number of hydrogen-bond acceptors (Lipinski definition) is 6. The third-order valence-electron chi connectivity index (χ3n) is 5.91. The highest BCUT2D eigenvalue weighted by Crippen LogP contribution is 2.31. The first-order valence-corrected chi connectivity index (χ1v) is 10.8. The molecule has 1 aliphatic rings. The van der Waals surface area contributed by atoms with E-state index < -0.39 is 0 Å². The Morgan fingerprint density at radius 3 is 2.55 bits per heavy atom. The largest absolute Gasteiger partial charge is 0.493 e. The van der Waals surface area contributed by atoms with Crippen molar-refractivity contribution in [2.45, 2.75) is 39.0 Å². The number of pyridine rings is 1. The number of para-hydroxylation sites is 1. The summed E-state index contributed by atoms with van der Waals surface area (Å²) in [6, 6.07) is 14.6. The van der Waals surface area contributed by atoms with Gasteiger partial charge in [-0.2, -0.15) is 0 Å². The van der Waals surface area contributed by atoms with Gasteiger partial charge in [0, 0.05) is 42.7 Å². The lowest BCUT2D eigenvalue weighted by molar-refractivity contribution is 0.145. The van der Waals surface area contributed by atoms with Gasteiger partial charge in [-0.1, -0.05) is 24.3 Å². The first kappa shape index (κ1) is 21.4. The smallest absolute Gasteiger partial charge is 0.165 e. The Balaban J connectivity index is 1.59. The lowest BCUT2D eigenvalue weighted by Gasteiger charge is -2.32. The minimum absolute atomic E-state index is 0.207. The summed E-state index contributed by atoms with van der Waals surface area (Å²) >= 11 is 0. The van der Waals surface area contributed by atoms with E-state index in [4.69, 9.17) is 14.5 Å². The van der Waals surface area contributed by atoms with Gasteiger partial charge in [-0.05, 0) is 43.5 Å². The predicted octanol–water partition coefficient (Wildman–Crippen LogP) is 3.81. The van der Waals surface area contributed by atoms with Crippen molar-refractivity contribution in [1.82, 2.24) is 10.3 Å². The number of aryl methyl sites for hydroxylation is 1. The molecule has 6 heteroatoms. The molecule has 1 fully saturated rings. The lowest BCUT2D eigenvalue weighted by atomic mass is 10.1. The van der Waals surface area contributed by atoms with Crippen molar-refractivity contribution in [2.75, 3.05) is 32.2 Å². The normalized spacial score (nSPS) is 14.8. The van der Waals surface area contributed by atoms with Gasteiger partial charge >= 0.3 is 0 Å². The average molecular weight is 422 g/mol. The number of aliphatic hydroxyl groups is 1. The van der Waals surface area contributed by atoms with Crippen LogP contribution in [-0.4, -0.2) is 43.5 Å². The quantitative estimate of drug-likeness (QED) is 0.605. The van der Waals surface area contributed by atoms with Crippen LogP contribution in [-0.2, 0) is 13.1 Å². The number of aliphatic hydroxyl groups excluding tert-OH is 1. The number of nitrogens with one attached hydrogen (secondary N) is 1. The number of fused-ring (bicyclic) bond motifs is 1. The van der Waals surface area contributed by atoms with Crippen LogP contribution in [0.1, 0.15) is 29.5 Å². The van der Waals surface area contributed by atoms with Crippen molar-refractivity contribution in [2.24, 2.45) is 0 Å². The van der Waals surface area contributed by atoms with Gasteiger partial charge < -0.3 is 24.8 Å². The summed E-state index contributed by atoms with van der Waals surface area (Å²) in [7, 11) is 3.32. The van der Waals surface area contributed by atoms with Crippen LogP contribution in [0.25, 0.3) is 10.9 Å². The standard InChI is InChI=1S/C25H31N3O3/c1-17-7-8-18-14-20(16-26-15-19-5-4-6-23(30-2)24(19)31-3)25(27-22(18)13-17)28-11-9-21(29)10-12-28/h4-8,13-14,21,26,29H,9-12,15-16H2,1-3H3. The molecule has 0 radical (unpaired) electrons. The van der Waals surface area contributed by atoms with Gasteiger partial charge in [-0.25, -0.2) is 4.98 Å². The van der Waals surface area contributed by atoms with Crippen LogP contribution >= 0.6 is 0 Å². The summed E-state index contributed by atoms with van der Waals surface area (Å²) in [6.07, 6.45) is 1.35. The molecule has 0 aliphatic carbocycles. The molecule has 31 heavy (non-hydrogen) atoms. The Morgan fingerprint density at radius 2 is 1.81 bits per heavy atom. The van der Waals surface area contributed by atoms with E-state index in [-0.39, 0.29) is 6.10 Å². The molecule has 0 spiro atoms. The maximum atomic E-state index is 9.93. The molecule has 4 rings (SSSR count). The van der Waals surface area contributed by atoms with Gasteiger partial charge in [0.2, 0.25) is 0 Å². The predicted molar refractivity (Wildman–Crippen MR) is 124 cm³/mol. The van der Waals surface area contributed by atoms with E-state index in [9.17, 15) is 5.11 Å². The molecule has 0 bridgehead atoms. The van der Waals surface area contributed by atoms with Crippen LogP contribution < -0.4 is 19.7 Å². The van der Waals surface area contributed by atoms with Gasteiger partial charge in [0.05, 0.1) is 25.8 Å². The van der Waals surface area contributed by atoms with Crippen LogP contribution in [0.3, 0.4) is 0 Å². The van der Waals surface area contributed by atoms with Crippen molar-refractivity contribution < 1.29 is 14.6 Å². The molecule has 0 unspecified atom stereocenters. The monoisotopic (exact) mass is 421 g/mol. The fraction of sp³-hybridized carbons (Fsp3) is 0.400. The number of anilines is 1. The number of nitrogens with zero attached hydrogens (tertiary/aromatic N) is 2. The number of hydrogen-bond donors (Lipinski definition) is 2. The number of methoxy groups -OCH3 is 2. The SMILES string of the molecule is COc1cccc(CNCc2cc3ccc(C)cc3nc2N2CCC(O)CC2)c1OC. The molecule has 164 valence electrons. The summed E-state index contributed by atoms with van der Waals surface area (Å²) in [5.74, 6) is 2.50. The second-order valence-corrected chi connectivity index (χ2v) is 8.14. The van der Waals surface area contributed by atoms with Crippen LogP contribution in [0.4, 0.5) is 5.82 Å². The third kappa shape index (κ3) is 4.75. The molecule has 0 amide bonds. The Hall–Kier alpha value is -2.83. The number of aromatic nitrogens is 1. The highest BCUT2D eigenvalue weighted by atomic mass is 16.5. The molecule has 2 N–H and O–H groups in total. The second-order valence-electron chi connectivity index (χ2n) is 8.14. The van der Waals surface area contributed by atoms with Crippen molar-refractivity contribution in [3.8, 4) is 11.5 Å². The molecule has 2 heterocycles. The van der Waals surface area contributed by atoms with E-state index in [0.29, 0.717) is 13.1 Å². The Bertz CT molecular complexity index is 1050. The minimum Gasteiger partial charge on any atom is -0.493 e. The number of piperidine rings is 1. The molecular weight excluding hydrogens is 390 g/mol. The molecule has 1 saturated heterocycles. The van der Waals surface area contributed by atoms with E-state index in [1.165, 1.54) is 5.56 Å². The van der Waals surface area contributed by atoms with E-state index in [1.54, 1.807) is 14.2 Å². The highest BCUT2D eigenvalue weighted by Gasteiger charge is 2.21. The second kappa shape index (κ2) is 9.54. The summed E-state index contributed by atoms with van der Waals surface area (Å²) in [5, 5.41) is 14.6. The van der Waals surface area contributed by atoms with Crippen LogP contribution in [0.2, 0.25) is 0 Å². The van der Waals surface area contributed by atoms with E-state index in [0.717, 1.165) is 65.3 Å². The Kier molecular flexibility index (Phi) is 6.59. The third-order valence-corrected chi connectivity index (χ3v) is 5.91. The molecule has 3 aromatic rings. The highest BCUT2D eigenvalue weighted by molar-refractivity contribution is 5.82. The van der Waals surface area contributed by atoms with Crippen molar-refractivity contribution >= 4 is 16.7 Å². The Morgan fingerprint density at radius 1 is 1.03 bits per heavy atom. The first-order valence-electron chi connectivity index (χ1n) is 10.8. The van der Waals surface area contributed by atoms with Crippen LogP contribution in [0.15, 0.2) is 42.5 Å². The minimum atomic E-state index is -0.207. The van der Waals surface area contributed by atoms with Crippen molar-refractivity contribution in [3.63, 3.8) is 0 Å². The molecule has 1 aromatic heterocycles. The molecule has 2 aromatic carbocycles. The summed E-state index contributed by atoms with van der Waals surface area (Å²) in [5.41, 5.74) is 4.43. The van der Waals surface area contributed by atoms with E-state index >= 15 is 0 Å². The van der Waals surface area contributed by atoms with Crippen LogP contribution in [0.5, 0.6) is 11.5 Å². The zero-order valence-corrected chi connectivity index (χ0v) is 18.5. The van der Waals surface area contributed by atoms with Crippen molar-refractivity contribution in [3.05, 3.63) is 59.2 Å². The van der Waals surface area contributed by atoms with Gasteiger partial charge in [0.25, 0.3) is 0 Å². The zero-order valence-electron chi connectivity index (χ0n) is 18.5. The maximum absolute atomic E-state index is 9.93. The molecule has 6 nitrogen and oxygen atoms in total. The lowest BCUT2D eigenvalue weighted by Crippen LogP contribution is -2.37. The number of benzene rings is 2. The Labute approximate surface area is 183 Å². The molecule has 0 saturated carbocycles. The first-order chi connectivity index (χ1) is 15.1. The number of ether oxygens (including phenoxy) is 2.